The second-order valence-electron chi connectivity index (χ2n) is 5.03. The quantitative estimate of drug-likeness (QED) is 0.798. The zero-order chi connectivity index (χ0) is 13.0. The summed E-state index contributed by atoms with van der Waals surface area (Å²) in [5.41, 5.74) is 8.82. The number of nitrogens with zero attached hydrogens (tertiary/aromatic N) is 1. The van der Waals surface area contributed by atoms with Crippen molar-refractivity contribution in [2.45, 2.75) is 51.6 Å². The molecule has 0 bridgehead atoms. The van der Waals surface area contributed by atoms with E-state index in [1.54, 1.807) is 0 Å². The van der Waals surface area contributed by atoms with Gasteiger partial charge in [0, 0.05) is 37.9 Å². The van der Waals surface area contributed by atoms with Crippen molar-refractivity contribution in [3.8, 4) is 0 Å². The fourth-order valence-electron chi connectivity index (χ4n) is 2.60. The van der Waals surface area contributed by atoms with Crippen molar-refractivity contribution in [1.29, 1.82) is 0 Å². The summed E-state index contributed by atoms with van der Waals surface area (Å²) in [6, 6.07) is 0.174. The van der Waals surface area contributed by atoms with Crippen LogP contribution < -0.4 is 11.1 Å². The van der Waals surface area contributed by atoms with Gasteiger partial charge in [0.05, 0.1) is 0 Å². The van der Waals surface area contributed by atoms with E-state index in [1.807, 2.05) is 6.92 Å². The molecule has 1 atom stereocenters. The molecule has 18 heavy (non-hydrogen) atoms. The number of amides is 1. The number of fused-ring (bicyclic) bond motifs is 1. The predicted molar refractivity (Wildman–Crippen MR) is 72.2 cm³/mol. The molecule has 2 rings (SSSR count). The van der Waals surface area contributed by atoms with Crippen molar-refractivity contribution in [2.24, 2.45) is 5.73 Å². The number of aromatic nitrogens is 1. The van der Waals surface area contributed by atoms with Crippen molar-refractivity contribution in [1.82, 2.24) is 9.88 Å². The highest BCUT2D eigenvalue weighted by atomic mass is 16.1. The molecule has 0 spiro atoms. The lowest BCUT2D eigenvalue weighted by Gasteiger charge is -2.07. The van der Waals surface area contributed by atoms with Crippen molar-refractivity contribution < 1.29 is 4.79 Å². The molecule has 1 aromatic rings. The maximum atomic E-state index is 11.4. The van der Waals surface area contributed by atoms with Gasteiger partial charge in [0.25, 0.3) is 0 Å². The van der Waals surface area contributed by atoms with Crippen molar-refractivity contribution >= 4 is 5.91 Å². The number of hydrogen-bond acceptors (Lipinski definition) is 2. The summed E-state index contributed by atoms with van der Waals surface area (Å²) < 4.78 is 2.12. The molecular weight excluding hydrogens is 226 g/mol. The van der Waals surface area contributed by atoms with Gasteiger partial charge in [-0.15, -0.1) is 0 Å². The predicted octanol–water partition coefficient (Wildman–Crippen LogP) is 1.74. The Kier molecular flexibility index (Phi) is 4.42. The summed E-state index contributed by atoms with van der Waals surface area (Å²) in [7, 11) is 0. The molecule has 0 fully saturated rings. The number of hydrogen-bond donors (Lipinski definition) is 2. The molecule has 3 N–H and O–H groups in total. The molecular formula is C14H23N3O. The second kappa shape index (κ2) is 6.05. The summed E-state index contributed by atoms with van der Waals surface area (Å²) in [5.74, 6) is 0.116. The largest absolute Gasteiger partial charge is 0.356 e. The maximum absolute atomic E-state index is 11.4. The Morgan fingerprint density at radius 1 is 1.50 bits per heavy atom. The van der Waals surface area contributed by atoms with Gasteiger partial charge in [-0.05, 0) is 37.3 Å². The van der Waals surface area contributed by atoms with Gasteiger partial charge in [-0.1, -0.05) is 6.42 Å². The van der Waals surface area contributed by atoms with Crippen LogP contribution in [0.4, 0.5) is 0 Å². The van der Waals surface area contributed by atoms with Crippen LogP contribution in [0.25, 0.3) is 0 Å². The van der Waals surface area contributed by atoms with E-state index >= 15 is 0 Å². The highest BCUT2D eigenvalue weighted by molar-refractivity contribution is 5.75. The molecule has 0 saturated heterocycles. The first-order valence-corrected chi connectivity index (χ1v) is 6.91. The van der Waals surface area contributed by atoms with E-state index in [-0.39, 0.29) is 11.9 Å². The van der Waals surface area contributed by atoms with Crippen molar-refractivity contribution in [3.63, 3.8) is 0 Å². The van der Waals surface area contributed by atoms with E-state index in [4.69, 9.17) is 5.73 Å². The highest BCUT2D eigenvalue weighted by Crippen LogP contribution is 2.27. The van der Waals surface area contributed by atoms with Crippen LogP contribution in [-0.2, 0) is 17.8 Å². The lowest BCUT2D eigenvalue weighted by Crippen LogP contribution is -2.23. The summed E-state index contributed by atoms with van der Waals surface area (Å²) in [6.45, 7) is 3.38. The third-order valence-electron chi connectivity index (χ3n) is 3.58. The number of carbonyl (C=O) groups excluding carboxylic acids is 1. The van der Waals surface area contributed by atoms with Crippen LogP contribution in [0.5, 0.6) is 0 Å². The first kappa shape index (κ1) is 13.1. The summed E-state index contributed by atoms with van der Waals surface area (Å²) in [5, 5.41) is 2.82. The molecule has 1 aliphatic carbocycles. The van der Waals surface area contributed by atoms with Crippen LogP contribution in [0, 0.1) is 0 Å². The molecule has 0 saturated carbocycles. The number of nitrogens with two attached hydrogens (primary N) is 1. The highest BCUT2D eigenvalue weighted by Gasteiger charge is 2.17. The van der Waals surface area contributed by atoms with Gasteiger partial charge in [0.2, 0.25) is 5.91 Å². The minimum atomic E-state index is 0.116. The van der Waals surface area contributed by atoms with E-state index in [2.05, 4.69) is 22.3 Å². The lowest BCUT2D eigenvalue weighted by atomic mass is 10.1. The summed E-state index contributed by atoms with van der Waals surface area (Å²) in [4.78, 5) is 11.4. The summed E-state index contributed by atoms with van der Waals surface area (Å²) in [6.07, 6.45) is 9.47. The number of aryl methyl sites for hydroxylation is 2. The van der Waals surface area contributed by atoms with Gasteiger partial charge in [0.1, 0.15) is 0 Å². The van der Waals surface area contributed by atoms with E-state index in [0.29, 0.717) is 13.0 Å². The number of nitrogens with one attached hydrogen (secondary N) is 1. The molecule has 1 aromatic heterocycles. The third kappa shape index (κ3) is 3.13. The zero-order valence-electron chi connectivity index (χ0n) is 11.1. The standard InChI is InChI=1S/C14H23N3O/c1-2-16-14(18)7-8-17-9-11-5-3-4-6-13(15)12(11)10-17/h9-10,13H,2-8,15H2,1H3,(H,16,18). The molecule has 4 heteroatoms. The first-order valence-electron chi connectivity index (χ1n) is 6.91. The Labute approximate surface area is 109 Å². The fourth-order valence-corrected chi connectivity index (χ4v) is 2.60. The van der Waals surface area contributed by atoms with E-state index in [1.165, 1.54) is 24.0 Å². The Bertz CT molecular complexity index is 411. The van der Waals surface area contributed by atoms with Gasteiger partial charge < -0.3 is 15.6 Å². The Morgan fingerprint density at radius 2 is 2.33 bits per heavy atom. The topological polar surface area (TPSA) is 60.0 Å². The zero-order valence-corrected chi connectivity index (χ0v) is 11.1. The third-order valence-corrected chi connectivity index (χ3v) is 3.58. The first-order chi connectivity index (χ1) is 8.70. The van der Waals surface area contributed by atoms with Crippen LogP contribution >= 0.6 is 0 Å². The van der Waals surface area contributed by atoms with Gasteiger partial charge in [-0.2, -0.15) is 0 Å². The second-order valence-corrected chi connectivity index (χ2v) is 5.03. The molecule has 0 aromatic carbocycles. The molecule has 1 heterocycles. The molecule has 1 aliphatic rings. The minimum Gasteiger partial charge on any atom is -0.356 e. The number of rotatable bonds is 4. The Hall–Kier alpha value is -1.29. The van der Waals surface area contributed by atoms with Crippen LogP contribution in [0.1, 0.15) is 49.8 Å². The van der Waals surface area contributed by atoms with Gasteiger partial charge in [-0.3, -0.25) is 4.79 Å². The lowest BCUT2D eigenvalue weighted by molar-refractivity contribution is -0.121. The Balaban J connectivity index is 1.99. The van der Waals surface area contributed by atoms with Gasteiger partial charge in [-0.25, -0.2) is 0 Å². The molecule has 1 amide bonds. The molecule has 0 aliphatic heterocycles. The number of carbonyl (C=O) groups is 1. The van der Waals surface area contributed by atoms with E-state index < -0.39 is 0 Å². The monoisotopic (exact) mass is 249 g/mol. The smallest absolute Gasteiger partial charge is 0.221 e. The van der Waals surface area contributed by atoms with Gasteiger partial charge in [0.15, 0.2) is 0 Å². The van der Waals surface area contributed by atoms with Crippen molar-refractivity contribution in [3.05, 3.63) is 23.5 Å². The molecule has 4 nitrogen and oxygen atoms in total. The average molecular weight is 249 g/mol. The van der Waals surface area contributed by atoms with Crippen LogP contribution in [0.3, 0.4) is 0 Å². The molecule has 0 radical (unpaired) electrons. The van der Waals surface area contributed by atoms with Crippen molar-refractivity contribution in [2.75, 3.05) is 6.54 Å². The fraction of sp³-hybridized carbons (Fsp3) is 0.643. The van der Waals surface area contributed by atoms with Crippen LogP contribution in [0.2, 0.25) is 0 Å². The van der Waals surface area contributed by atoms with Crippen LogP contribution in [0.15, 0.2) is 12.4 Å². The average Bonchev–Trinajstić information content (AvgIpc) is 2.68. The SMILES string of the molecule is CCNC(=O)CCn1cc2c(c1)C(N)CCCC2. The summed E-state index contributed by atoms with van der Waals surface area (Å²) >= 11 is 0. The van der Waals surface area contributed by atoms with Gasteiger partial charge >= 0.3 is 0 Å². The maximum Gasteiger partial charge on any atom is 0.221 e. The van der Waals surface area contributed by atoms with Crippen LogP contribution in [-0.4, -0.2) is 17.0 Å². The minimum absolute atomic E-state index is 0.116. The van der Waals surface area contributed by atoms with E-state index in [0.717, 1.165) is 19.4 Å². The normalized spacial score (nSPS) is 19.1. The molecule has 100 valence electrons. The molecule has 1 unspecified atom stereocenters. The van der Waals surface area contributed by atoms with E-state index in [9.17, 15) is 4.79 Å². The Morgan fingerprint density at radius 3 is 3.11 bits per heavy atom.